The van der Waals surface area contributed by atoms with Crippen LogP contribution in [0.25, 0.3) is 17.0 Å². The van der Waals surface area contributed by atoms with Crippen molar-refractivity contribution in [1.82, 2.24) is 5.48 Å². The molecule has 2 heterocycles. The summed E-state index contributed by atoms with van der Waals surface area (Å²) < 4.78 is 23.0. The van der Waals surface area contributed by atoms with E-state index in [0.717, 1.165) is 34.8 Å². The molecular formula is C23H26N3O5PS2. The molecule has 0 spiro atoms. The van der Waals surface area contributed by atoms with E-state index in [1.807, 2.05) is 12.1 Å². The Bertz CT molecular complexity index is 1260. The molecule has 11 heteroatoms. The van der Waals surface area contributed by atoms with Gasteiger partial charge < -0.3 is 18.9 Å². The number of aryl methyl sites for hydroxylation is 1. The van der Waals surface area contributed by atoms with Gasteiger partial charge in [-0.2, -0.15) is 5.48 Å². The van der Waals surface area contributed by atoms with Crippen molar-refractivity contribution < 1.29 is 27.9 Å². The number of pyridine rings is 1. The van der Waals surface area contributed by atoms with Crippen molar-refractivity contribution in [2.75, 3.05) is 31.8 Å². The second-order valence-electron chi connectivity index (χ2n) is 7.67. The second-order valence-corrected chi connectivity index (χ2v) is 11.5. The lowest BCUT2D eigenvalue weighted by atomic mass is 10.1. The maximum absolute atomic E-state index is 11.3. The molecular weight excluding hydrogens is 493 g/mol. The highest BCUT2D eigenvalue weighted by atomic mass is 32.2. The molecule has 1 aliphatic rings. The number of hydrogen-bond donors (Lipinski definition) is 1. The number of aromatic nitrogens is 1. The third kappa shape index (κ3) is 6.02. The Morgan fingerprint density at radius 2 is 2.09 bits per heavy atom. The largest absolute Gasteiger partial charge is 0.779 e. The van der Waals surface area contributed by atoms with Crippen molar-refractivity contribution in [2.24, 2.45) is 7.05 Å². The van der Waals surface area contributed by atoms with E-state index in [1.165, 1.54) is 21.4 Å². The zero-order valence-corrected chi connectivity index (χ0v) is 21.6. The lowest BCUT2D eigenvalue weighted by Crippen LogP contribution is -2.28. The van der Waals surface area contributed by atoms with Gasteiger partial charge in [0.25, 0.3) is 0 Å². The first-order valence-electron chi connectivity index (χ1n) is 10.6. The number of rotatable bonds is 10. The van der Waals surface area contributed by atoms with Crippen LogP contribution in [-0.4, -0.2) is 26.9 Å². The molecule has 2 aromatic carbocycles. The lowest BCUT2D eigenvalue weighted by molar-refractivity contribution is -0.644. The summed E-state index contributed by atoms with van der Waals surface area (Å²) in [5, 5.41) is 2.35. The SMILES string of the molecule is COP(=O)([O-])CCCNOOSc1ccc2c(c1)N(C)C(=Cc1cc[n+](C)c3ccccc13)S2. The van der Waals surface area contributed by atoms with Crippen molar-refractivity contribution in [3.8, 4) is 0 Å². The molecule has 1 atom stereocenters. The fourth-order valence-electron chi connectivity index (χ4n) is 3.53. The smallest absolute Gasteiger partial charge is 0.212 e. The van der Waals surface area contributed by atoms with Crippen molar-refractivity contribution >= 4 is 54.1 Å². The molecule has 34 heavy (non-hydrogen) atoms. The molecule has 0 aliphatic carbocycles. The maximum Gasteiger partial charge on any atom is 0.212 e. The number of nitrogens with one attached hydrogen (secondary N) is 1. The van der Waals surface area contributed by atoms with E-state index < -0.39 is 7.60 Å². The molecule has 0 saturated heterocycles. The normalized spacial score (nSPS) is 16.2. The van der Waals surface area contributed by atoms with Crippen molar-refractivity contribution in [1.29, 1.82) is 0 Å². The number of hydroxylamine groups is 1. The Balaban J connectivity index is 1.35. The standard InChI is InChI=1S/C23H26N3O5PS2/c1-25-13-11-17(19-7-4-5-8-20(19)25)15-23-26(2)21-16-18(9-10-22(21)33-23)34-31-30-24-12-6-14-32(27,28)29-3/h4-5,7-11,13,15-16,24H,6,12,14H2,1-3H3. The van der Waals surface area contributed by atoms with Crippen LogP contribution in [0.15, 0.2) is 69.5 Å². The molecule has 1 aliphatic heterocycles. The van der Waals surface area contributed by atoms with Crippen LogP contribution in [-0.2, 0) is 25.5 Å². The van der Waals surface area contributed by atoms with Crippen LogP contribution >= 0.6 is 31.4 Å². The predicted molar refractivity (Wildman–Crippen MR) is 134 cm³/mol. The summed E-state index contributed by atoms with van der Waals surface area (Å²) in [4.78, 5) is 20.4. The summed E-state index contributed by atoms with van der Waals surface area (Å²) in [6, 6.07) is 16.6. The quantitative estimate of drug-likeness (QED) is 0.105. The molecule has 8 nitrogen and oxygen atoms in total. The lowest BCUT2D eigenvalue weighted by Gasteiger charge is -2.20. The van der Waals surface area contributed by atoms with E-state index in [-0.39, 0.29) is 6.16 Å². The van der Waals surface area contributed by atoms with Gasteiger partial charge in [-0.05, 0) is 42.3 Å². The van der Waals surface area contributed by atoms with Crippen LogP contribution in [0.5, 0.6) is 0 Å². The van der Waals surface area contributed by atoms with Gasteiger partial charge in [0.1, 0.15) is 14.6 Å². The van der Waals surface area contributed by atoms with Crippen LogP contribution in [0, 0.1) is 0 Å². The maximum atomic E-state index is 11.3. The van der Waals surface area contributed by atoms with Gasteiger partial charge in [-0.1, -0.05) is 23.9 Å². The average molecular weight is 520 g/mol. The minimum absolute atomic E-state index is 0.0606. The van der Waals surface area contributed by atoms with E-state index >= 15 is 0 Å². The average Bonchev–Trinajstić information content (AvgIpc) is 3.15. The molecule has 4 rings (SSSR count). The molecule has 1 aromatic heterocycles. The third-order valence-corrected chi connectivity index (χ3v) is 8.57. The summed E-state index contributed by atoms with van der Waals surface area (Å²) in [5.41, 5.74) is 6.03. The van der Waals surface area contributed by atoms with Crippen LogP contribution in [0.4, 0.5) is 5.69 Å². The molecule has 1 N–H and O–H groups in total. The van der Waals surface area contributed by atoms with Crippen LogP contribution < -0.4 is 19.8 Å². The van der Waals surface area contributed by atoms with E-state index in [1.54, 1.807) is 11.8 Å². The summed E-state index contributed by atoms with van der Waals surface area (Å²) in [6.45, 7) is 0.320. The Kier molecular flexibility index (Phi) is 8.34. The second kappa shape index (κ2) is 11.2. The van der Waals surface area contributed by atoms with Gasteiger partial charge in [0.05, 0.1) is 28.1 Å². The zero-order chi connectivity index (χ0) is 24.1. The fourth-order valence-corrected chi connectivity index (χ4v) is 5.78. The monoisotopic (exact) mass is 519 g/mol. The number of para-hydroxylation sites is 1. The van der Waals surface area contributed by atoms with Gasteiger partial charge in [-0.15, -0.1) is 9.32 Å². The fraction of sp³-hybridized carbons (Fsp3) is 0.261. The molecule has 0 amide bonds. The Morgan fingerprint density at radius 3 is 2.91 bits per heavy atom. The Morgan fingerprint density at radius 1 is 1.26 bits per heavy atom. The summed E-state index contributed by atoms with van der Waals surface area (Å²) in [5.74, 6) is 0. The summed E-state index contributed by atoms with van der Waals surface area (Å²) >= 11 is 2.81. The van der Waals surface area contributed by atoms with E-state index in [0.29, 0.717) is 13.0 Å². The number of benzene rings is 2. The van der Waals surface area contributed by atoms with Gasteiger partial charge >= 0.3 is 0 Å². The zero-order valence-electron chi connectivity index (χ0n) is 19.1. The molecule has 0 bridgehead atoms. The van der Waals surface area contributed by atoms with Crippen LogP contribution in [0.1, 0.15) is 12.0 Å². The first kappa shape index (κ1) is 25.2. The van der Waals surface area contributed by atoms with Crippen LogP contribution in [0.2, 0.25) is 0 Å². The van der Waals surface area contributed by atoms with Gasteiger partial charge in [0, 0.05) is 48.8 Å². The van der Waals surface area contributed by atoms with Crippen molar-refractivity contribution in [3.63, 3.8) is 0 Å². The number of hydrogen-bond acceptors (Lipinski definition) is 9. The van der Waals surface area contributed by atoms with Crippen molar-refractivity contribution in [3.05, 3.63) is 65.3 Å². The highest BCUT2D eigenvalue weighted by Gasteiger charge is 2.23. The number of anilines is 1. The van der Waals surface area contributed by atoms with E-state index in [9.17, 15) is 9.46 Å². The first-order chi connectivity index (χ1) is 16.4. The molecule has 1 unspecified atom stereocenters. The van der Waals surface area contributed by atoms with Gasteiger partial charge in [0.15, 0.2) is 6.20 Å². The highest BCUT2D eigenvalue weighted by Crippen LogP contribution is 2.47. The minimum Gasteiger partial charge on any atom is -0.779 e. The number of thioether (sulfide) groups is 1. The molecule has 0 fully saturated rings. The Labute approximate surface area is 207 Å². The van der Waals surface area contributed by atoms with Gasteiger partial charge in [0.2, 0.25) is 5.52 Å². The Hall–Kier alpha value is -1.88. The molecule has 180 valence electrons. The topological polar surface area (TPSA) is 87.0 Å². The van der Waals surface area contributed by atoms with E-state index in [4.69, 9.17) is 9.32 Å². The first-order valence-corrected chi connectivity index (χ1v) is 13.9. The predicted octanol–water partition coefficient (Wildman–Crippen LogP) is 4.25. The third-order valence-electron chi connectivity index (χ3n) is 5.40. The number of nitrogens with zero attached hydrogens (tertiary/aromatic N) is 2. The molecule has 0 saturated carbocycles. The van der Waals surface area contributed by atoms with Crippen LogP contribution in [0.3, 0.4) is 0 Å². The van der Waals surface area contributed by atoms with Crippen molar-refractivity contribution in [2.45, 2.75) is 16.2 Å². The molecule has 3 aromatic rings. The highest BCUT2D eigenvalue weighted by molar-refractivity contribution is 8.04. The number of fused-ring (bicyclic) bond motifs is 2. The molecule has 0 radical (unpaired) electrons. The van der Waals surface area contributed by atoms with Gasteiger partial charge in [-0.3, -0.25) is 0 Å². The van der Waals surface area contributed by atoms with Gasteiger partial charge in [-0.25, -0.2) is 4.57 Å². The van der Waals surface area contributed by atoms with E-state index in [2.05, 4.69) is 82.2 Å². The minimum atomic E-state index is -3.74. The summed E-state index contributed by atoms with van der Waals surface area (Å²) in [7, 11) is 1.53. The summed E-state index contributed by atoms with van der Waals surface area (Å²) in [6.07, 6.45) is 4.59.